The summed E-state index contributed by atoms with van der Waals surface area (Å²) in [4.78, 5) is 26.8. The van der Waals surface area contributed by atoms with Crippen LogP contribution in [0.15, 0.2) is 27.4 Å². The maximum atomic E-state index is 12.4. The van der Waals surface area contributed by atoms with Crippen molar-refractivity contribution in [3.05, 3.63) is 39.7 Å². The molecule has 0 atom stereocenters. The van der Waals surface area contributed by atoms with Gasteiger partial charge < -0.3 is 19.7 Å². The Balaban J connectivity index is 2.16. The summed E-state index contributed by atoms with van der Waals surface area (Å²) in [6.07, 6.45) is 2.09. The highest BCUT2D eigenvalue weighted by atomic mass is 16.4. The van der Waals surface area contributed by atoms with Crippen molar-refractivity contribution in [1.29, 1.82) is 0 Å². The van der Waals surface area contributed by atoms with Crippen LogP contribution in [0.5, 0.6) is 5.75 Å². The zero-order valence-electron chi connectivity index (χ0n) is 15.1. The lowest BCUT2D eigenvalue weighted by Gasteiger charge is -2.20. The molecule has 136 valence electrons. The average Bonchev–Trinajstić information content (AvgIpc) is 2.56. The van der Waals surface area contributed by atoms with Gasteiger partial charge in [-0.1, -0.05) is 26.0 Å². The van der Waals surface area contributed by atoms with E-state index in [9.17, 15) is 14.7 Å². The molecular weight excluding hydrogens is 320 g/mol. The third-order valence-electron chi connectivity index (χ3n) is 4.12. The van der Waals surface area contributed by atoms with E-state index in [1.165, 1.54) is 0 Å². The second-order valence-corrected chi connectivity index (χ2v) is 6.16. The normalized spacial score (nSPS) is 11.2. The maximum absolute atomic E-state index is 12.4. The summed E-state index contributed by atoms with van der Waals surface area (Å²) < 4.78 is 5.24. The summed E-state index contributed by atoms with van der Waals surface area (Å²) in [5.41, 5.74) is -0.128. The Kier molecular flexibility index (Phi) is 6.58. The van der Waals surface area contributed by atoms with Gasteiger partial charge >= 0.3 is 5.63 Å². The van der Waals surface area contributed by atoms with Crippen molar-refractivity contribution in [2.24, 2.45) is 0 Å². The fraction of sp³-hybridized carbons (Fsp3) is 0.474. The molecular formula is C19H26N2O4. The van der Waals surface area contributed by atoms with Gasteiger partial charge in [0.25, 0.3) is 5.91 Å². The van der Waals surface area contributed by atoms with Crippen LogP contribution in [0, 0.1) is 6.92 Å². The molecule has 0 unspecified atom stereocenters. The molecule has 1 amide bonds. The molecule has 2 rings (SSSR count). The van der Waals surface area contributed by atoms with E-state index in [1.807, 2.05) is 0 Å². The number of carbonyl (C=O) groups is 1. The topological polar surface area (TPSA) is 82.8 Å². The van der Waals surface area contributed by atoms with Gasteiger partial charge in [0.15, 0.2) is 5.56 Å². The molecule has 6 nitrogen and oxygen atoms in total. The zero-order valence-corrected chi connectivity index (χ0v) is 15.1. The third kappa shape index (κ3) is 4.39. The van der Waals surface area contributed by atoms with Crippen LogP contribution in [0.1, 0.15) is 42.6 Å². The first-order chi connectivity index (χ1) is 12.0. The maximum Gasteiger partial charge on any atom is 0.353 e. The van der Waals surface area contributed by atoms with Crippen molar-refractivity contribution < 1.29 is 14.3 Å². The summed E-state index contributed by atoms with van der Waals surface area (Å²) in [7, 11) is 0. The quantitative estimate of drug-likeness (QED) is 0.718. The van der Waals surface area contributed by atoms with Crippen LogP contribution in [0.25, 0.3) is 11.0 Å². The van der Waals surface area contributed by atoms with E-state index in [2.05, 4.69) is 24.1 Å². The Morgan fingerprint density at radius 2 is 1.88 bits per heavy atom. The number of amides is 1. The Labute approximate surface area is 147 Å². The van der Waals surface area contributed by atoms with Crippen molar-refractivity contribution in [2.75, 3.05) is 26.2 Å². The Morgan fingerprint density at radius 3 is 2.52 bits per heavy atom. The van der Waals surface area contributed by atoms with Gasteiger partial charge in [-0.25, -0.2) is 4.79 Å². The van der Waals surface area contributed by atoms with Crippen molar-refractivity contribution in [2.45, 2.75) is 33.6 Å². The molecule has 0 bridgehead atoms. The monoisotopic (exact) mass is 346 g/mol. The van der Waals surface area contributed by atoms with Gasteiger partial charge in [-0.3, -0.25) is 4.79 Å². The van der Waals surface area contributed by atoms with Gasteiger partial charge in [0.2, 0.25) is 0 Å². The van der Waals surface area contributed by atoms with Gasteiger partial charge in [0.05, 0.1) is 5.39 Å². The molecule has 25 heavy (non-hydrogen) atoms. The second kappa shape index (κ2) is 8.67. The van der Waals surface area contributed by atoms with E-state index in [1.54, 1.807) is 25.1 Å². The number of aryl methyl sites for hydroxylation is 1. The van der Waals surface area contributed by atoms with Crippen LogP contribution in [-0.2, 0) is 0 Å². The highest BCUT2D eigenvalue weighted by Crippen LogP contribution is 2.27. The molecule has 0 saturated heterocycles. The minimum Gasteiger partial charge on any atom is -0.506 e. The van der Waals surface area contributed by atoms with Crippen molar-refractivity contribution in [3.8, 4) is 5.75 Å². The van der Waals surface area contributed by atoms with Crippen LogP contribution in [-0.4, -0.2) is 42.1 Å². The SMILES string of the molecule is CCCN(CCC)CCNC(=O)c1c(O)c2cccc(C)c2oc1=O. The number of carbonyl (C=O) groups excluding carboxylic acids is 1. The number of benzene rings is 1. The summed E-state index contributed by atoms with van der Waals surface area (Å²) >= 11 is 0. The smallest absolute Gasteiger partial charge is 0.353 e. The standard InChI is InChI=1S/C19H26N2O4/c1-4-10-21(11-5-2)12-9-20-18(23)15-16(22)14-8-6-7-13(3)17(14)25-19(15)24/h6-8,22H,4-5,9-12H2,1-3H3,(H,20,23). The predicted octanol–water partition coefficient (Wildman–Crippen LogP) is 2.66. The van der Waals surface area contributed by atoms with E-state index >= 15 is 0 Å². The Hall–Kier alpha value is -2.34. The van der Waals surface area contributed by atoms with Crippen molar-refractivity contribution in [3.63, 3.8) is 0 Å². The van der Waals surface area contributed by atoms with Gasteiger partial charge in [0.1, 0.15) is 11.3 Å². The average molecular weight is 346 g/mol. The number of para-hydroxylation sites is 1. The number of rotatable bonds is 8. The highest BCUT2D eigenvalue weighted by molar-refractivity contribution is 6.01. The first-order valence-corrected chi connectivity index (χ1v) is 8.75. The molecule has 0 aliphatic carbocycles. The molecule has 0 spiro atoms. The number of aromatic hydroxyl groups is 1. The first-order valence-electron chi connectivity index (χ1n) is 8.75. The number of nitrogens with zero attached hydrogens (tertiary/aromatic N) is 1. The molecule has 0 aliphatic heterocycles. The number of fused-ring (bicyclic) bond motifs is 1. The number of hydrogen-bond acceptors (Lipinski definition) is 5. The van der Waals surface area contributed by atoms with Crippen molar-refractivity contribution >= 4 is 16.9 Å². The number of nitrogens with one attached hydrogen (secondary N) is 1. The van der Waals surface area contributed by atoms with Crippen LogP contribution in [0.2, 0.25) is 0 Å². The molecule has 0 aliphatic rings. The molecule has 1 heterocycles. The second-order valence-electron chi connectivity index (χ2n) is 6.16. The summed E-state index contributed by atoms with van der Waals surface area (Å²) in [6, 6.07) is 5.15. The molecule has 0 radical (unpaired) electrons. The lowest BCUT2D eigenvalue weighted by molar-refractivity contribution is 0.0942. The van der Waals surface area contributed by atoms with Gasteiger partial charge in [-0.15, -0.1) is 0 Å². The van der Waals surface area contributed by atoms with Gasteiger partial charge in [-0.05, 0) is 44.5 Å². The first kappa shape index (κ1) is 19.0. The largest absolute Gasteiger partial charge is 0.506 e. The molecule has 1 aromatic carbocycles. The van der Waals surface area contributed by atoms with Gasteiger partial charge in [0, 0.05) is 13.1 Å². The van der Waals surface area contributed by atoms with Crippen LogP contribution in [0.4, 0.5) is 0 Å². The summed E-state index contributed by atoms with van der Waals surface area (Å²) in [5.74, 6) is -0.936. The van der Waals surface area contributed by atoms with E-state index in [0.29, 0.717) is 24.1 Å². The summed E-state index contributed by atoms with van der Waals surface area (Å²) in [6.45, 7) is 9.04. The van der Waals surface area contributed by atoms with Crippen LogP contribution >= 0.6 is 0 Å². The Morgan fingerprint density at radius 1 is 1.20 bits per heavy atom. The number of hydrogen-bond donors (Lipinski definition) is 2. The van der Waals surface area contributed by atoms with E-state index in [4.69, 9.17) is 4.42 Å². The molecule has 6 heteroatoms. The van der Waals surface area contributed by atoms with Gasteiger partial charge in [-0.2, -0.15) is 0 Å². The fourth-order valence-electron chi connectivity index (χ4n) is 2.93. The van der Waals surface area contributed by atoms with E-state index < -0.39 is 11.5 Å². The van der Waals surface area contributed by atoms with E-state index in [-0.39, 0.29) is 11.3 Å². The molecule has 0 saturated carbocycles. The minimum absolute atomic E-state index is 0.304. The minimum atomic E-state index is -0.823. The lowest BCUT2D eigenvalue weighted by Crippen LogP contribution is -2.37. The van der Waals surface area contributed by atoms with Crippen molar-refractivity contribution in [1.82, 2.24) is 10.2 Å². The predicted molar refractivity (Wildman–Crippen MR) is 98.2 cm³/mol. The van der Waals surface area contributed by atoms with E-state index in [0.717, 1.165) is 31.5 Å². The molecule has 2 N–H and O–H groups in total. The third-order valence-corrected chi connectivity index (χ3v) is 4.12. The molecule has 0 fully saturated rings. The Bertz CT molecular complexity index is 792. The lowest BCUT2D eigenvalue weighted by atomic mass is 10.1. The summed E-state index contributed by atoms with van der Waals surface area (Å²) in [5, 5.41) is 13.4. The highest BCUT2D eigenvalue weighted by Gasteiger charge is 2.21. The zero-order chi connectivity index (χ0) is 18.4. The molecule has 2 aromatic rings. The van der Waals surface area contributed by atoms with Crippen LogP contribution in [0.3, 0.4) is 0 Å². The molecule has 1 aromatic heterocycles. The fourth-order valence-corrected chi connectivity index (χ4v) is 2.93. The van der Waals surface area contributed by atoms with Crippen LogP contribution < -0.4 is 10.9 Å².